The van der Waals surface area contributed by atoms with E-state index >= 15 is 0 Å². The molecule has 1 saturated carbocycles. The summed E-state index contributed by atoms with van der Waals surface area (Å²) in [6.45, 7) is 10.7. The van der Waals surface area contributed by atoms with Gasteiger partial charge in [-0.3, -0.25) is 9.20 Å². The summed E-state index contributed by atoms with van der Waals surface area (Å²) in [7, 11) is -0.672. The molecule has 1 aliphatic heterocycles. The molecule has 4 unspecified atom stereocenters. The van der Waals surface area contributed by atoms with Gasteiger partial charge in [-0.25, -0.2) is 0 Å². The average molecular weight is 385 g/mol. The van der Waals surface area contributed by atoms with Crippen molar-refractivity contribution in [3.8, 4) is 0 Å². The van der Waals surface area contributed by atoms with Crippen LogP contribution in [0.5, 0.6) is 0 Å². The Bertz CT molecular complexity index is 457. The second-order valence-corrected chi connectivity index (χ2v) is 9.80. The number of nitrogens with one attached hydrogen (secondary N) is 2. The van der Waals surface area contributed by atoms with Gasteiger partial charge in [0.05, 0.1) is 0 Å². The molecule has 2 N–H and O–H groups in total. The number of aliphatic imine (C=N–C) groups is 1. The number of hydrogen-bond donors (Lipinski definition) is 2. The molecule has 26 heavy (non-hydrogen) atoms. The van der Waals surface area contributed by atoms with Crippen LogP contribution in [0, 0.1) is 0 Å². The molecule has 2 fully saturated rings. The van der Waals surface area contributed by atoms with Crippen molar-refractivity contribution in [3.05, 3.63) is 0 Å². The van der Waals surface area contributed by atoms with Crippen LogP contribution >= 0.6 is 0 Å². The van der Waals surface area contributed by atoms with Gasteiger partial charge in [0, 0.05) is 53.5 Å². The van der Waals surface area contributed by atoms with Gasteiger partial charge in [0.25, 0.3) is 0 Å². The number of likely N-dealkylation sites (tertiary alicyclic amines) is 1. The van der Waals surface area contributed by atoms with Crippen molar-refractivity contribution >= 4 is 16.8 Å². The van der Waals surface area contributed by atoms with Crippen molar-refractivity contribution in [1.82, 2.24) is 15.5 Å². The van der Waals surface area contributed by atoms with Crippen molar-refractivity contribution < 1.29 is 4.21 Å². The number of piperidine rings is 1. The average Bonchev–Trinajstić information content (AvgIpc) is 2.66. The Morgan fingerprint density at radius 3 is 2.77 bits per heavy atom. The second kappa shape index (κ2) is 12.0. The SMILES string of the molecule is CCNC(=NCCCN1CCCCC1C)NC1CCCC(S(=O)CC)C1. The minimum atomic E-state index is -0.672. The molecule has 0 bridgehead atoms. The normalized spacial score (nSPS) is 29.3. The first kappa shape index (κ1) is 21.7. The van der Waals surface area contributed by atoms with E-state index in [2.05, 4.69) is 29.4 Å². The van der Waals surface area contributed by atoms with Crippen LogP contribution in [0.4, 0.5) is 0 Å². The third-order valence-corrected chi connectivity index (χ3v) is 7.52. The molecule has 0 radical (unpaired) electrons. The van der Waals surface area contributed by atoms with Crippen molar-refractivity contribution in [2.45, 2.75) is 89.5 Å². The van der Waals surface area contributed by atoms with Crippen LogP contribution < -0.4 is 10.6 Å². The second-order valence-electron chi connectivity index (χ2n) is 7.79. The van der Waals surface area contributed by atoms with Gasteiger partial charge >= 0.3 is 0 Å². The largest absolute Gasteiger partial charge is 0.357 e. The van der Waals surface area contributed by atoms with Gasteiger partial charge < -0.3 is 15.5 Å². The summed E-state index contributed by atoms with van der Waals surface area (Å²) in [5, 5.41) is 7.34. The lowest BCUT2D eigenvalue weighted by atomic mass is 9.95. The van der Waals surface area contributed by atoms with Crippen molar-refractivity contribution in [2.75, 3.05) is 31.9 Å². The van der Waals surface area contributed by atoms with E-state index in [0.717, 1.165) is 63.1 Å². The number of rotatable bonds is 8. The Kier molecular flexibility index (Phi) is 9.97. The van der Waals surface area contributed by atoms with Crippen LogP contribution in [0.2, 0.25) is 0 Å². The molecule has 2 aliphatic rings. The third kappa shape index (κ3) is 7.18. The van der Waals surface area contributed by atoms with Crippen molar-refractivity contribution in [2.24, 2.45) is 4.99 Å². The van der Waals surface area contributed by atoms with E-state index in [0.29, 0.717) is 11.3 Å². The highest BCUT2D eigenvalue weighted by Gasteiger charge is 2.26. The van der Waals surface area contributed by atoms with E-state index in [1.54, 1.807) is 0 Å². The standard InChI is InChI=1S/C20H40N4OS/c1-4-21-20(22-13-9-15-24-14-7-6-10-17(24)3)23-18-11-8-12-19(16-18)26(25)5-2/h17-19H,4-16H2,1-3H3,(H2,21,22,23). The van der Waals surface area contributed by atoms with E-state index in [1.807, 2.05) is 6.92 Å². The van der Waals surface area contributed by atoms with Crippen LogP contribution in [-0.2, 0) is 10.8 Å². The molecule has 152 valence electrons. The molecule has 4 atom stereocenters. The highest BCUT2D eigenvalue weighted by Crippen LogP contribution is 2.23. The molecule has 0 spiro atoms. The van der Waals surface area contributed by atoms with Crippen LogP contribution in [0.25, 0.3) is 0 Å². The lowest BCUT2D eigenvalue weighted by Crippen LogP contribution is -2.46. The van der Waals surface area contributed by atoms with Gasteiger partial charge in [-0.2, -0.15) is 0 Å². The molecular weight excluding hydrogens is 344 g/mol. The van der Waals surface area contributed by atoms with E-state index in [1.165, 1.54) is 32.2 Å². The van der Waals surface area contributed by atoms with Crippen molar-refractivity contribution in [1.29, 1.82) is 0 Å². The first-order valence-electron chi connectivity index (χ1n) is 10.8. The zero-order valence-corrected chi connectivity index (χ0v) is 18.0. The summed E-state index contributed by atoms with van der Waals surface area (Å²) in [5.41, 5.74) is 0. The zero-order chi connectivity index (χ0) is 18.8. The third-order valence-electron chi connectivity index (χ3n) is 5.78. The fraction of sp³-hybridized carbons (Fsp3) is 0.950. The van der Waals surface area contributed by atoms with E-state index < -0.39 is 10.8 Å². The Morgan fingerprint density at radius 2 is 2.04 bits per heavy atom. The topological polar surface area (TPSA) is 56.7 Å². The fourth-order valence-corrected chi connectivity index (χ4v) is 5.57. The summed E-state index contributed by atoms with van der Waals surface area (Å²) < 4.78 is 12.1. The maximum absolute atomic E-state index is 12.1. The van der Waals surface area contributed by atoms with Crippen LogP contribution in [0.1, 0.15) is 72.1 Å². The molecule has 1 saturated heterocycles. The highest BCUT2D eigenvalue weighted by molar-refractivity contribution is 7.85. The van der Waals surface area contributed by atoms with E-state index in [-0.39, 0.29) is 0 Å². The quantitative estimate of drug-likeness (QED) is 0.384. The smallest absolute Gasteiger partial charge is 0.191 e. The number of guanidine groups is 1. The molecule has 0 aromatic carbocycles. The molecule has 1 aliphatic carbocycles. The maximum atomic E-state index is 12.1. The Labute approximate surface area is 163 Å². The van der Waals surface area contributed by atoms with E-state index in [4.69, 9.17) is 4.99 Å². The van der Waals surface area contributed by atoms with Crippen molar-refractivity contribution in [3.63, 3.8) is 0 Å². The van der Waals surface area contributed by atoms with Gasteiger partial charge in [0.1, 0.15) is 0 Å². The molecule has 0 aromatic heterocycles. The molecule has 1 heterocycles. The molecule has 0 aromatic rings. The fourth-order valence-electron chi connectivity index (χ4n) is 4.22. The number of hydrogen-bond acceptors (Lipinski definition) is 3. The van der Waals surface area contributed by atoms with Gasteiger partial charge in [0.15, 0.2) is 5.96 Å². The first-order chi connectivity index (χ1) is 12.6. The molecule has 5 nitrogen and oxygen atoms in total. The van der Waals surface area contributed by atoms with Gasteiger partial charge in [-0.15, -0.1) is 0 Å². The summed E-state index contributed by atoms with van der Waals surface area (Å²) in [5.74, 6) is 1.72. The highest BCUT2D eigenvalue weighted by atomic mass is 32.2. The van der Waals surface area contributed by atoms with Crippen LogP contribution in [-0.4, -0.2) is 64.3 Å². The predicted molar refractivity (Wildman–Crippen MR) is 113 cm³/mol. The Balaban J connectivity index is 1.77. The monoisotopic (exact) mass is 384 g/mol. The lowest BCUT2D eigenvalue weighted by molar-refractivity contribution is 0.160. The Hall–Kier alpha value is -0.620. The number of nitrogens with zero attached hydrogens (tertiary/aromatic N) is 2. The van der Waals surface area contributed by atoms with Gasteiger partial charge in [-0.1, -0.05) is 19.8 Å². The van der Waals surface area contributed by atoms with Gasteiger partial charge in [-0.05, 0) is 58.9 Å². The van der Waals surface area contributed by atoms with Gasteiger partial charge in [0.2, 0.25) is 0 Å². The minimum Gasteiger partial charge on any atom is -0.357 e. The summed E-state index contributed by atoms with van der Waals surface area (Å²) >= 11 is 0. The molecular formula is C20H40N4OS. The molecule has 0 amide bonds. The maximum Gasteiger partial charge on any atom is 0.191 e. The Morgan fingerprint density at radius 1 is 1.19 bits per heavy atom. The molecule has 6 heteroatoms. The first-order valence-corrected chi connectivity index (χ1v) is 12.2. The minimum absolute atomic E-state index is 0.356. The van der Waals surface area contributed by atoms with E-state index in [9.17, 15) is 4.21 Å². The predicted octanol–water partition coefficient (Wildman–Crippen LogP) is 2.89. The van der Waals surface area contributed by atoms with Crippen LogP contribution in [0.15, 0.2) is 4.99 Å². The summed E-state index contributed by atoms with van der Waals surface area (Å²) in [6.07, 6.45) is 9.64. The summed E-state index contributed by atoms with van der Waals surface area (Å²) in [6, 6.07) is 1.14. The van der Waals surface area contributed by atoms with Crippen LogP contribution in [0.3, 0.4) is 0 Å². The zero-order valence-electron chi connectivity index (χ0n) is 17.1. The lowest BCUT2D eigenvalue weighted by Gasteiger charge is -2.33. The summed E-state index contributed by atoms with van der Waals surface area (Å²) in [4.78, 5) is 7.42. The molecule has 2 rings (SSSR count).